The number of aromatic nitrogens is 6. The number of fused-ring (bicyclic) bond motifs is 1. The largest absolute Gasteiger partial charge is 0.334 e. The number of rotatable bonds is 3. The molecule has 0 saturated heterocycles. The van der Waals surface area contributed by atoms with Crippen LogP contribution in [0.15, 0.2) is 44.7 Å². The van der Waals surface area contributed by atoms with Gasteiger partial charge < -0.3 is 9.09 Å². The van der Waals surface area contributed by atoms with Crippen LogP contribution in [-0.2, 0) is 20.6 Å². The molecular weight excluding hydrogens is 343 g/mol. The van der Waals surface area contributed by atoms with Crippen molar-refractivity contribution in [1.82, 2.24) is 28.8 Å². The Morgan fingerprint density at radius 3 is 2.58 bits per heavy atom. The third kappa shape index (κ3) is 2.42. The Morgan fingerprint density at radius 2 is 1.85 bits per heavy atom. The van der Waals surface area contributed by atoms with Crippen LogP contribution in [0.3, 0.4) is 0 Å². The minimum atomic E-state index is -0.456. The van der Waals surface area contributed by atoms with E-state index < -0.39 is 11.2 Å². The first-order chi connectivity index (χ1) is 12.5. The van der Waals surface area contributed by atoms with E-state index in [0.717, 1.165) is 4.57 Å². The van der Waals surface area contributed by atoms with Crippen LogP contribution in [-0.4, -0.2) is 28.8 Å². The first-order valence-corrected chi connectivity index (χ1v) is 7.65. The molecule has 3 heterocycles. The molecule has 0 aliphatic carbocycles. The van der Waals surface area contributed by atoms with Gasteiger partial charge in [-0.15, -0.1) is 0 Å². The Kier molecular flexibility index (Phi) is 3.53. The highest BCUT2D eigenvalue weighted by Crippen LogP contribution is 2.18. The van der Waals surface area contributed by atoms with Crippen LogP contribution < -0.4 is 11.2 Å². The van der Waals surface area contributed by atoms with Crippen molar-refractivity contribution < 1.29 is 8.91 Å². The smallest absolute Gasteiger partial charge is 0.332 e. The van der Waals surface area contributed by atoms with Crippen molar-refractivity contribution in [2.45, 2.75) is 6.54 Å². The molecule has 0 spiro atoms. The summed E-state index contributed by atoms with van der Waals surface area (Å²) in [5.74, 6) is 0.198. The molecule has 0 aliphatic heterocycles. The molecule has 0 saturated carbocycles. The molecular formula is C16H13FN6O3. The number of halogens is 1. The first kappa shape index (κ1) is 15.9. The minimum absolute atomic E-state index is 0.134. The summed E-state index contributed by atoms with van der Waals surface area (Å²) < 4.78 is 22.1. The molecule has 1 aromatic carbocycles. The van der Waals surface area contributed by atoms with Crippen molar-refractivity contribution in [2.75, 3.05) is 0 Å². The SMILES string of the molecule is Cn1c(=O)c2c(ncn2Cc2noc(-c3ccc(F)cc3)n2)n(C)c1=O. The fourth-order valence-electron chi connectivity index (χ4n) is 2.70. The van der Waals surface area contributed by atoms with Gasteiger partial charge in [-0.05, 0) is 24.3 Å². The zero-order valence-electron chi connectivity index (χ0n) is 13.9. The van der Waals surface area contributed by atoms with E-state index in [2.05, 4.69) is 15.1 Å². The van der Waals surface area contributed by atoms with Crippen LogP contribution in [0.1, 0.15) is 5.82 Å². The van der Waals surface area contributed by atoms with Gasteiger partial charge in [-0.2, -0.15) is 4.98 Å². The van der Waals surface area contributed by atoms with Gasteiger partial charge in [0.25, 0.3) is 11.4 Å². The Hall–Kier alpha value is -3.56. The lowest BCUT2D eigenvalue weighted by Gasteiger charge is -2.04. The molecule has 0 N–H and O–H groups in total. The predicted octanol–water partition coefficient (Wildman–Crippen LogP) is 0.671. The van der Waals surface area contributed by atoms with Crippen LogP contribution in [0.25, 0.3) is 22.6 Å². The molecule has 0 radical (unpaired) electrons. The van der Waals surface area contributed by atoms with Gasteiger partial charge in [0.1, 0.15) is 5.82 Å². The summed E-state index contributed by atoms with van der Waals surface area (Å²) in [6.45, 7) is 0.134. The van der Waals surface area contributed by atoms with Gasteiger partial charge in [-0.3, -0.25) is 13.9 Å². The summed E-state index contributed by atoms with van der Waals surface area (Å²) in [6.07, 6.45) is 1.44. The summed E-state index contributed by atoms with van der Waals surface area (Å²) in [7, 11) is 2.95. The molecule has 4 rings (SSSR count). The number of hydrogen-bond acceptors (Lipinski definition) is 6. The fraction of sp³-hybridized carbons (Fsp3) is 0.188. The Bertz CT molecular complexity index is 1230. The minimum Gasteiger partial charge on any atom is -0.334 e. The van der Waals surface area contributed by atoms with E-state index in [1.165, 1.54) is 42.2 Å². The topological polar surface area (TPSA) is 101 Å². The molecule has 0 fully saturated rings. The number of benzene rings is 1. The Balaban J connectivity index is 1.74. The van der Waals surface area contributed by atoms with E-state index >= 15 is 0 Å². The third-order valence-corrected chi connectivity index (χ3v) is 4.09. The molecule has 10 heteroatoms. The second kappa shape index (κ2) is 5.76. The number of imidazole rings is 1. The van der Waals surface area contributed by atoms with E-state index in [9.17, 15) is 14.0 Å². The van der Waals surface area contributed by atoms with Crippen LogP contribution in [0, 0.1) is 5.82 Å². The monoisotopic (exact) mass is 356 g/mol. The highest BCUT2D eigenvalue weighted by atomic mass is 19.1. The highest BCUT2D eigenvalue weighted by Gasteiger charge is 2.16. The van der Waals surface area contributed by atoms with Crippen molar-refractivity contribution in [3.8, 4) is 11.5 Å². The summed E-state index contributed by atoms with van der Waals surface area (Å²) >= 11 is 0. The normalized spacial score (nSPS) is 11.3. The van der Waals surface area contributed by atoms with Gasteiger partial charge in [0, 0.05) is 19.7 Å². The quantitative estimate of drug-likeness (QED) is 0.535. The van der Waals surface area contributed by atoms with Crippen molar-refractivity contribution >= 4 is 11.2 Å². The average molecular weight is 356 g/mol. The summed E-state index contributed by atoms with van der Waals surface area (Å²) in [6, 6.07) is 5.66. The summed E-state index contributed by atoms with van der Waals surface area (Å²) in [4.78, 5) is 32.8. The van der Waals surface area contributed by atoms with Crippen LogP contribution in [0.4, 0.5) is 4.39 Å². The number of aryl methyl sites for hydroxylation is 1. The Morgan fingerprint density at radius 1 is 1.12 bits per heavy atom. The molecule has 132 valence electrons. The summed E-state index contributed by atoms with van der Waals surface area (Å²) in [5.41, 5.74) is 0.218. The van der Waals surface area contributed by atoms with E-state index in [1.807, 2.05) is 0 Å². The zero-order valence-corrected chi connectivity index (χ0v) is 13.9. The van der Waals surface area contributed by atoms with Crippen molar-refractivity contribution in [3.05, 3.63) is 63.1 Å². The maximum Gasteiger partial charge on any atom is 0.332 e. The maximum absolute atomic E-state index is 13.0. The van der Waals surface area contributed by atoms with E-state index in [0.29, 0.717) is 11.4 Å². The molecule has 0 bridgehead atoms. The van der Waals surface area contributed by atoms with Crippen molar-refractivity contribution in [1.29, 1.82) is 0 Å². The number of nitrogens with zero attached hydrogens (tertiary/aromatic N) is 6. The molecule has 4 aromatic rings. The average Bonchev–Trinajstić information content (AvgIpc) is 3.26. The van der Waals surface area contributed by atoms with Gasteiger partial charge >= 0.3 is 5.69 Å². The van der Waals surface area contributed by atoms with Crippen molar-refractivity contribution in [3.63, 3.8) is 0 Å². The lowest BCUT2D eigenvalue weighted by atomic mass is 10.2. The lowest BCUT2D eigenvalue weighted by molar-refractivity contribution is 0.420. The van der Waals surface area contributed by atoms with Crippen LogP contribution >= 0.6 is 0 Å². The summed E-state index contributed by atoms with van der Waals surface area (Å²) in [5, 5.41) is 3.88. The molecule has 0 amide bonds. The molecule has 0 aliphatic rings. The molecule has 9 nitrogen and oxygen atoms in total. The van der Waals surface area contributed by atoms with Gasteiger partial charge in [0.05, 0.1) is 12.9 Å². The lowest BCUT2D eigenvalue weighted by Crippen LogP contribution is -2.37. The predicted molar refractivity (Wildman–Crippen MR) is 89.0 cm³/mol. The van der Waals surface area contributed by atoms with E-state index in [4.69, 9.17) is 4.52 Å². The van der Waals surface area contributed by atoms with E-state index in [1.54, 1.807) is 11.6 Å². The van der Waals surface area contributed by atoms with Gasteiger partial charge in [-0.1, -0.05) is 5.16 Å². The maximum atomic E-state index is 13.0. The van der Waals surface area contributed by atoms with Crippen LogP contribution in [0.5, 0.6) is 0 Å². The standard InChI is InChI=1S/C16H13FN6O3/c1-21-13-12(15(24)22(2)16(21)25)23(8-18-13)7-11-19-14(26-20-11)9-3-5-10(17)6-4-9/h3-6,8H,7H2,1-2H3. The van der Waals surface area contributed by atoms with E-state index in [-0.39, 0.29) is 29.4 Å². The third-order valence-electron chi connectivity index (χ3n) is 4.09. The molecule has 0 atom stereocenters. The highest BCUT2D eigenvalue weighted by molar-refractivity contribution is 5.70. The van der Waals surface area contributed by atoms with Crippen molar-refractivity contribution in [2.24, 2.45) is 14.1 Å². The van der Waals surface area contributed by atoms with Gasteiger partial charge in [0.2, 0.25) is 0 Å². The molecule has 3 aromatic heterocycles. The molecule has 0 unspecified atom stereocenters. The number of hydrogen-bond donors (Lipinski definition) is 0. The fourth-order valence-corrected chi connectivity index (χ4v) is 2.70. The molecule has 26 heavy (non-hydrogen) atoms. The van der Waals surface area contributed by atoms with Crippen LogP contribution in [0.2, 0.25) is 0 Å². The second-order valence-corrected chi connectivity index (χ2v) is 5.77. The Labute approximate surface area is 144 Å². The van der Waals surface area contributed by atoms with Gasteiger partial charge in [-0.25, -0.2) is 14.2 Å². The van der Waals surface area contributed by atoms with Gasteiger partial charge in [0.15, 0.2) is 17.0 Å². The first-order valence-electron chi connectivity index (χ1n) is 7.65. The second-order valence-electron chi connectivity index (χ2n) is 5.77. The zero-order chi connectivity index (χ0) is 18.4.